The second-order valence-electron chi connectivity index (χ2n) is 4.31. The molecule has 1 aliphatic rings. The zero-order valence-corrected chi connectivity index (χ0v) is 8.05. The minimum absolute atomic E-state index is 0.430. The van der Waals surface area contributed by atoms with Gasteiger partial charge in [-0.3, -0.25) is 0 Å². The van der Waals surface area contributed by atoms with Crippen molar-refractivity contribution in [2.24, 2.45) is 5.41 Å². The lowest BCUT2D eigenvalue weighted by Gasteiger charge is -2.41. The van der Waals surface area contributed by atoms with Crippen molar-refractivity contribution < 1.29 is 4.74 Å². The van der Waals surface area contributed by atoms with E-state index in [2.05, 4.69) is 32.7 Å². The molecule has 1 aliphatic heterocycles. The Morgan fingerprint density at radius 1 is 1.45 bits per heavy atom. The lowest BCUT2D eigenvalue weighted by atomic mass is 9.88. The average Bonchev–Trinajstić information content (AvgIpc) is 1.84. The summed E-state index contributed by atoms with van der Waals surface area (Å²) in [5.74, 6) is 0. The SMILES string of the molecule is CC(C)N(C)CC1(C)COC1. The number of nitrogens with zero attached hydrogens (tertiary/aromatic N) is 1. The first-order valence-electron chi connectivity index (χ1n) is 4.31. The molecule has 1 saturated heterocycles. The molecule has 0 aromatic carbocycles. The van der Waals surface area contributed by atoms with Crippen LogP contribution in [0.4, 0.5) is 0 Å². The third-order valence-electron chi connectivity index (χ3n) is 2.41. The van der Waals surface area contributed by atoms with Gasteiger partial charge in [0.25, 0.3) is 0 Å². The zero-order valence-electron chi connectivity index (χ0n) is 8.05. The molecule has 0 amide bonds. The van der Waals surface area contributed by atoms with Gasteiger partial charge in [0.1, 0.15) is 0 Å². The quantitative estimate of drug-likeness (QED) is 0.613. The Kier molecular flexibility index (Phi) is 2.55. The van der Waals surface area contributed by atoms with E-state index in [0.717, 1.165) is 19.8 Å². The van der Waals surface area contributed by atoms with Crippen LogP contribution in [-0.2, 0) is 4.74 Å². The summed E-state index contributed by atoms with van der Waals surface area (Å²) in [4.78, 5) is 2.38. The number of hydrogen-bond donors (Lipinski definition) is 0. The van der Waals surface area contributed by atoms with E-state index in [0.29, 0.717) is 11.5 Å². The van der Waals surface area contributed by atoms with E-state index in [1.807, 2.05) is 0 Å². The van der Waals surface area contributed by atoms with E-state index < -0.39 is 0 Å². The summed E-state index contributed by atoms with van der Waals surface area (Å²) in [5, 5.41) is 0. The third-order valence-corrected chi connectivity index (χ3v) is 2.41. The van der Waals surface area contributed by atoms with Crippen LogP contribution in [0.2, 0.25) is 0 Å². The Morgan fingerprint density at radius 2 is 2.00 bits per heavy atom. The summed E-state index contributed by atoms with van der Waals surface area (Å²) in [6, 6.07) is 0.646. The van der Waals surface area contributed by atoms with Crippen LogP contribution in [-0.4, -0.2) is 37.7 Å². The van der Waals surface area contributed by atoms with Crippen molar-refractivity contribution in [2.75, 3.05) is 26.8 Å². The fraction of sp³-hybridized carbons (Fsp3) is 1.00. The molecular formula is C9H19NO. The van der Waals surface area contributed by atoms with Gasteiger partial charge in [0.2, 0.25) is 0 Å². The van der Waals surface area contributed by atoms with Crippen LogP contribution >= 0.6 is 0 Å². The van der Waals surface area contributed by atoms with Crippen LogP contribution in [0.3, 0.4) is 0 Å². The topological polar surface area (TPSA) is 12.5 Å². The third kappa shape index (κ3) is 2.17. The molecule has 0 saturated carbocycles. The van der Waals surface area contributed by atoms with Gasteiger partial charge in [-0.1, -0.05) is 6.92 Å². The minimum Gasteiger partial charge on any atom is -0.380 e. The Bertz CT molecular complexity index is 130. The summed E-state index contributed by atoms with van der Waals surface area (Å²) in [6.07, 6.45) is 0. The Labute approximate surface area is 69.5 Å². The maximum atomic E-state index is 5.19. The van der Waals surface area contributed by atoms with Crippen molar-refractivity contribution in [2.45, 2.75) is 26.8 Å². The molecule has 11 heavy (non-hydrogen) atoms. The molecule has 0 radical (unpaired) electrons. The fourth-order valence-corrected chi connectivity index (χ4v) is 1.33. The van der Waals surface area contributed by atoms with Crippen molar-refractivity contribution in [3.05, 3.63) is 0 Å². The smallest absolute Gasteiger partial charge is 0.0554 e. The van der Waals surface area contributed by atoms with Gasteiger partial charge in [0, 0.05) is 18.0 Å². The van der Waals surface area contributed by atoms with Crippen molar-refractivity contribution in [1.29, 1.82) is 0 Å². The molecule has 0 aromatic heterocycles. The zero-order chi connectivity index (χ0) is 8.48. The van der Waals surface area contributed by atoms with Gasteiger partial charge in [-0.15, -0.1) is 0 Å². The summed E-state index contributed by atoms with van der Waals surface area (Å²) in [6.45, 7) is 9.76. The highest BCUT2D eigenvalue weighted by Gasteiger charge is 2.34. The average molecular weight is 157 g/mol. The largest absolute Gasteiger partial charge is 0.380 e. The van der Waals surface area contributed by atoms with Gasteiger partial charge >= 0.3 is 0 Å². The van der Waals surface area contributed by atoms with Crippen LogP contribution in [0.25, 0.3) is 0 Å². The summed E-state index contributed by atoms with van der Waals surface area (Å²) in [5.41, 5.74) is 0.430. The Balaban J connectivity index is 2.29. The molecule has 1 fully saturated rings. The molecule has 1 rings (SSSR count). The van der Waals surface area contributed by atoms with Gasteiger partial charge in [-0.25, -0.2) is 0 Å². The number of hydrogen-bond acceptors (Lipinski definition) is 2. The van der Waals surface area contributed by atoms with Gasteiger partial charge < -0.3 is 9.64 Å². The van der Waals surface area contributed by atoms with E-state index in [-0.39, 0.29) is 0 Å². The van der Waals surface area contributed by atoms with Crippen molar-refractivity contribution in [3.63, 3.8) is 0 Å². The second-order valence-corrected chi connectivity index (χ2v) is 4.31. The maximum absolute atomic E-state index is 5.19. The number of rotatable bonds is 3. The van der Waals surface area contributed by atoms with Crippen molar-refractivity contribution in [3.8, 4) is 0 Å². The van der Waals surface area contributed by atoms with Crippen LogP contribution in [0.1, 0.15) is 20.8 Å². The summed E-state index contributed by atoms with van der Waals surface area (Å²) < 4.78 is 5.19. The first kappa shape index (κ1) is 9.01. The van der Waals surface area contributed by atoms with Crippen molar-refractivity contribution in [1.82, 2.24) is 4.90 Å². The summed E-state index contributed by atoms with van der Waals surface area (Å²) in [7, 11) is 2.17. The predicted molar refractivity (Wildman–Crippen MR) is 46.7 cm³/mol. The highest BCUT2D eigenvalue weighted by molar-refractivity contribution is 4.84. The molecule has 1 heterocycles. The molecule has 0 unspecified atom stereocenters. The Morgan fingerprint density at radius 3 is 2.27 bits per heavy atom. The standard InChI is InChI=1S/C9H19NO/c1-8(2)10(4)5-9(3)6-11-7-9/h8H,5-7H2,1-4H3. The normalized spacial score (nSPS) is 22.4. The van der Waals surface area contributed by atoms with E-state index >= 15 is 0 Å². The van der Waals surface area contributed by atoms with Crippen LogP contribution in [0, 0.1) is 5.41 Å². The van der Waals surface area contributed by atoms with Crippen LogP contribution in [0.15, 0.2) is 0 Å². The highest BCUT2D eigenvalue weighted by Crippen LogP contribution is 2.27. The van der Waals surface area contributed by atoms with E-state index in [9.17, 15) is 0 Å². The summed E-state index contributed by atoms with van der Waals surface area (Å²) >= 11 is 0. The first-order chi connectivity index (χ1) is 5.03. The highest BCUT2D eigenvalue weighted by atomic mass is 16.5. The molecular weight excluding hydrogens is 138 g/mol. The molecule has 0 N–H and O–H groups in total. The molecule has 0 bridgehead atoms. The van der Waals surface area contributed by atoms with E-state index in [4.69, 9.17) is 4.74 Å². The molecule has 0 aliphatic carbocycles. The molecule has 0 spiro atoms. The van der Waals surface area contributed by atoms with E-state index in [1.54, 1.807) is 0 Å². The van der Waals surface area contributed by atoms with Gasteiger partial charge in [0.05, 0.1) is 13.2 Å². The van der Waals surface area contributed by atoms with Crippen molar-refractivity contribution >= 4 is 0 Å². The molecule has 2 heteroatoms. The molecule has 2 nitrogen and oxygen atoms in total. The minimum atomic E-state index is 0.430. The molecule has 0 atom stereocenters. The van der Waals surface area contributed by atoms with E-state index in [1.165, 1.54) is 0 Å². The fourth-order valence-electron chi connectivity index (χ4n) is 1.33. The lowest BCUT2D eigenvalue weighted by molar-refractivity contribution is -0.115. The lowest BCUT2D eigenvalue weighted by Crippen LogP contribution is -2.49. The first-order valence-corrected chi connectivity index (χ1v) is 4.31. The molecule has 66 valence electrons. The van der Waals surface area contributed by atoms with Gasteiger partial charge in [0.15, 0.2) is 0 Å². The maximum Gasteiger partial charge on any atom is 0.0554 e. The van der Waals surface area contributed by atoms with Gasteiger partial charge in [-0.05, 0) is 20.9 Å². The monoisotopic (exact) mass is 157 g/mol. The Hall–Kier alpha value is -0.0800. The molecule has 0 aromatic rings. The van der Waals surface area contributed by atoms with Crippen LogP contribution < -0.4 is 0 Å². The van der Waals surface area contributed by atoms with Crippen LogP contribution in [0.5, 0.6) is 0 Å². The van der Waals surface area contributed by atoms with Gasteiger partial charge in [-0.2, -0.15) is 0 Å². The second kappa shape index (κ2) is 3.11. The number of ether oxygens (including phenoxy) is 1. The predicted octanol–water partition coefficient (Wildman–Crippen LogP) is 1.36.